The number of hydrogen-bond donors (Lipinski definition) is 0. The molecule has 0 fully saturated rings. The summed E-state index contributed by atoms with van der Waals surface area (Å²) in [6.45, 7) is 6.58. The fourth-order valence-corrected chi connectivity index (χ4v) is 5.11. The SMILES string of the molecule is C=CCOP(=O)(COc1c2c(c(OCOC)c3ncccc13)C(=O)N(Cc1ccc(F)cc1)C2=O)OCC=C. The van der Waals surface area contributed by atoms with Crippen molar-refractivity contribution in [3.63, 3.8) is 0 Å². The standard InChI is InChI=1S/C27H26FN2O8P/c1-4-13-37-39(33,38-14-5-2)17-36-24-20-7-6-12-29-23(20)25(35-16-34-3)22-21(24)26(31)30(27(22)32)15-18-8-10-19(28)11-9-18/h4-12H,1-2,13-17H2,3H3. The van der Waals surface area contributed by atoms with Gasteiger partial charge < -0.3 is 23.3 Å². The van der Waals surface area contributed by atoms with Gasteiger partial charge in [-0.25, -0.2) is 4.39 Å². The second-order valence-electron chi connectivity index (χ2n) is 8.23. The molecule has 3 aromatic rings. The van der Waals surface area contributed by atoms with Gasteiger partial charge in [0.15, 0.2) is 18.9 Å². The number of aromatic nitrogens is 1. The van der Waals surface area contributed by atoms with Gasteiger partial charge >= 0.3 is 7.60 Å². The third-order valence-corrected chi connectivity index (χ3v) is 7.14. The Bertz CT molecular complexity index is 1440. The number of fused-ring (bicyclic) bond motifs is 2. The van der Waals surface area contributed by atoms with Crippen LogP contribution in [0.2, 0.25) is 0 Å². The van der Waals surface area contributed by atoms with Gasteiger partial charge in [0.05, 0.1) is 25.3 Å². The maximum Gasteiger partial charge on any atom is 0.368 e. The molecule has 10 nitrogen and oxygen atoms in total. The van der Waals surface area contributed by atoms with E-state index in [1.165, 1.54) is 49.7 Å². The Morgan fingerprint density at radius 1 is 0.974 bits per heavy atom. The van der Waals surface area contributed by atoms with Crippen LogP contribution in [-0.2, 0) is 24.9 Å². The number of ether oxygens (including phenoxy) is 3. The first-order chi connectivity index (χ1) is 18.8. The fourth-order valence-electron chi connectivity index (χ4n) is 3.93. The van der Waals surface area contributed by atoms with Crippen LogP contribution in [0.15, 0.2) is 67.9 Å². The third kappa shape index (κ3) is 5.91. The highest BCUT2D eigenvalue weighted by Crippen LogP contribution is 2.50. The smallest absolute Gasteiger partial charge is 0.368 e. The third-order valence-electron chi connectivity index (χ3n) is 5.61. The molecule has 0 atom stereocenters. The first kappa shape index (κ1) is 28.1. The Morgan fingerprint density at radius 2 is 1.62 bits per heavy atom. The molecule has 0 aliphatic carbocycles. The molecule has 0 saturated carbocycles. The summed E-state index contributed by atoms with van der Waals surface area (Å²) in [6, 6.07) is 8.65. The van der Waals surface area contributed by atoms with E-state index in [1.54, 1.807) is 12.1 Å². The topological polar surface area (TPSA) is 113 Å². The first-order valence-electron chi connectivity index (χ1n) is 11.7. The molecule has 0 N–H and O–H groups in total. The van der Waals surface area contributed by atoms with Gasteiger partial charge in [-0.1, -0.05) is 24.3 Å². The summed E-state index contributed by atoms with van der Waals surface area (Å²) < 4.78 is 54.2. The van der Waals surface area contributed by atoms with E-state index in [9.17, 15) is 18.5 Å². The van der Waals surface area contributed by atoms with Crippen molar-refractivity contribution in [2.24, 2.45) is 0 Å². The summed E-state index contributed by atoms with van der Waals surface area (Å²) in [5.41, 5.74) is 0.555. The van der Waals surface area contributed by atoms with Gasteiger partial charge in [-0.05, 0) is 29.8 Å². The van der Waals surface area contributed by atoms with E-state index in [0.29, 0.717) is 10.9 Å². The molecule has 2 aromatic carbocycles. The highest BCUT2D eigenvalue weighted by molar-refractivity contribution is 7.53. The highest BCUT2D eigenvalue weighted by Gasteiger charge is 2.43. The van der Waals surface area contributed by atoms with Crippen LogP contribution in [0.1, 0.15) is 26.3 Å². The van der Waals surface area contributed by atoms with Crippen molar-refractivity contribution in [1.82, 2.24) is 9.88 Å². The second kappa shape index (κ2) is 12.3. The molecule has 12 heteroatoms. The van der Waals surface area contributed by atoms with E-state index in [2.05, 4.69) is 18.1 Å². The number of imide groups is 1. The largest absolute Gasteiger partial charge is 0.479 e. The van der Waals surface area contributed by atoms with Gasteiger partial charge in [0.25, 0.3) is 11.8 Å². The Kier molecular flexibility index (Phi) is 8.88. The monoisotopic (exact) mass is 556 g/mol. The zero-order valence-electron chi connectivity index (χ0n) is 21.1. The normalized spacial score (nSPS) is 13.0. The number of rotatable bonds is 14. The zero-order chi connectivity index (χ0) is 28.0. The van der Waals surface area contributed by atoms with Gasteiger partial charge in [0.2, 0.25) is 0 Å². The number of nitrogens with zero attached hydrogens (tertiary/aromatic N) is 2. The zero-order valence-corrected chi connectivity index (χ0v) is 22.0. The van der Waals surface area contributed by atoms with Gasteiger partial charge in [0.1, 0.15) is 22.6 Å². The van der Waals surface area contributed by atoms with Crippen LogP contribution >= 0.6 is 7.60 Å². The summed E-state index contributed by atoms with van der Waals surface area (Å²) in [7, 11) is -2.43. The van der Waals surface area contributed by atoms with Crippen molar-refractivity contribution < 1.29 is 41.8 Å². The van der Waals surface area contributed by atoms with E-state index >= 15 is 0 Å². The van der Waals surface area contributed by atoms with Crippen molar-refractivity contribution in [2.45, 2.75) is 6.54 Å². The lowest BCUT2D eigenvalue weighted by Gasteiger charge is -2.20. The number of hydrogen-bond acceptors (Lipinski definition) is 9. The summed E-state index contributed by atoms with van der Waals surface area (Å²) in [4.78, 5) is 32.7. The fraction of sp³-hybridized carbons (Fsp3) is 0.222. The van der Waals surface area contributed by atoms with Crippen LogP contribution in [0, 0.1) is 5.82 Å². The lowest BCUT2D eigenvalue weighted by Crippen LogP contribution is -2.29. The van der Waals surface area contributed by atoms with Crippen molar-refractivity contribution in [1.29, 1.82) is 0 Å². The Balaban J connectivity index is 1.83. The number of benzene rings is 2. The maximum atomic E-state index is 13.7. The Morgan fingerprint density at radius 3 is 2.23 bits per heavy atom. The Labute approximate surface area is 224 Å². The molecule has 0 saturated heterocycles. The second-order valence-corrected chi connectivity index (χ2v) is 10.2. The van der Waals surface area contributed by atoms with Crippen LogP contribution < -0.4 is 9.47 Å². The minimum Gasteiger partial charge on any atom is -0.479 e. The number of methoxy groups -OCH3 is 1. The molecular weight excluding hydrogens is 530 g/mol. The minimum absolute atomic E-state index is 0.0313. The van der Waals surface area contributed by atoms with Crippen LogP contribution in [0.5, 0.6) is 11.5 Å². The molecule has 1 aliphatic heterocycles. The molecule has 0 bridgehead atoms. The van der Waals surface area contributed by atoms with E-state index in [0.717, 1.165) is 4.90 Å². The lowest BCUT2D eigenvalue weighted by molar-refractivity contribution is 0.0505. The number of pyridine rings is 1. The Hall–Kier alpha value is -3.89. The summed E-state index contributed by atoms with van der Waals surface area (Å²) in [5, 5.41) is 0.325. The van der Waals surface area contributed by atoms with Gasteiger partial charge in [-0.15, -0.1) is 13.2 Å². The van der Waals surface area contributed by atoms with Crippen LogP contribution in [0.25, 0.3) is 10.9 Å². The molecule has 2 heterocycles. The molecule has 2 amide bonds. The van der Waals surface area contributed by atoms with Crippen molar-refractivity contribution >= 4 is 30.3 Å². The quantitative estimate of drug-likeness (QED) is 0.116. The summed E-state index contributed by atoms with van der Waals surface area (Å²) in [5.74, 6) is -1.81. The molecule has 204 valence electrons. The van der Waals surface area contributed by atoms with Crippen molar-refractivity contribution in [2.75, 3.05) is 33.5 Å². The number of carbonyl (C=O) groups excluding carboxylic acids is 2. The first-order valence-corrected chi connectivity index (χ1v) is 13.5. The molecule has 0 unspecified atom stereocenters. The predicted octanol–water partition coefficient (Wildman–Crippen LogP) is 5.09. The maximum absolute atomic E-state index is 13.7. The van der Waals surface area contributed by atoms with E-state index in [-0.39, 0.29) is 54.7 Å². The number of carbonyl (C=O) groups is 2. The van der Waals surface area contributed by atoms with E-state index < -0.39 is 31.6 Å². The lowest BCUT2D eigenvalue weighted by atomic mass is 10.0. The molecule has 4 rings (SSSR count). The summed E-state index contributed by atoms with van der Waals surface area (Å²) in [6.07, 6.45) is 3.71. The molecular formula is C27H26FN2O8P. The number of halogens is 1. The van der Waals surface area contributed by atoms with Gasteiger partial charge in [-0.3, -0.25) is 24.0 Å². The van der Waals surface area contributed by atoms with E-state index in [4.69, 9.17) is 23.3 Å². The van der Waals surface area contributed by atoms with Crippen molar-refractivity contribution in [3.8, 4) is 11.5 Å². The predicted molar refractivity (Wildman–Crippen MR) is 140 cm³/mol. The molecule has 1 aliphatic rings. The molecule has 1 aromatic heterocycles. The van der Waals surface area contributed by atoms with E-state index in [1.807, 2.05) is 0 Å². The van der Waals surface area contributed by atoms with Gasteiger partial charge in [0, 0.05) is 18.7 Å². The van der Waals surface area contributed by atoms with Crippen molar-refractivity contribution in [3.05, 3.63) is 90.4 Å². The minimum atomic E-state index is -3.84. The van der Waals surface area contributed by atoms with Crippen LogP contribution in [0.4, 0.5) is 4.39 Å². The van der Waals surface area contributed by atoms with Gasteiger partial charge in [-0.2, -0.15) is 0 Å². The molecule has 39 heavy (non-hydrogen) atoms. The molecule has 0 spiro atoms. The summed E-state index contributed by atoms with van der Waals surface area (Å²) >= 11 is 0. The molecule has 0 radical (unpaired) electrons. The number of amides is 2. The average molecular weight is 556 g/mol. The average Bonchev–Trinajstić information content (AvgIpc) is 3.19. The highest BCUT2D eigenvalue weighted by atomic mass is 31.2. The van der Waals surface area contributed by atoms with Crippen LogP contribution in [0.3, 0.4) is 0 Å². The van der Waals surface area contributed by atoms with Crippen LogP contribution in [-0.4, -0.2) is 55.2 Å².